The number of aliphatic carboxylic acids is 1. The highest BCUT2D eigenvalue weighted by Gasteiger charge is 2.37. The van der Waals surface area contributed by atoms with Crippen molar-refractivity contribution in [2.45, 2.75) is 12.7 Å². The van der Waals surface area contributed by atoms with E-state index in [2.05, 4.69) is 10.3 Å². The Morgan fingerprint density at radius 2 is 1.75 bits per heavy atom. The Bertz CT molecular complexity index is 2030. The lowest BCUT2D eigenvalue weighted by molar-refractivity contribution is -0.136. The molecule has 48 heavy (non-hydrogen) atoms. The van der Waals surface area contributed by atoms with Crippen LogP contribution in [-0.4, -0.2) is 41.0 Å². The summed E-state index contributed by atoms with van der Waals surface area (Å²) in [4.78, 5) is 28.5. The van der Waals surface area contributed by atoms with E-state index in [-0.39, 0.29) is 41.0 Å². The van der Waals surface area contributed by atoms with E-state index < -0.39 is 52.4 Å². The number of halogens is 2. The second kappa shape index (κ2) is 14.2. The van der Waals surface area contributed by atoms with Crippen molar-refractivity contribution in [2.24, 2.45) is 5.73 Å². The van der Waals surface area contributed by atoms with Crippen LogP contribution in [0.5, 0.6) is 29.0 Å². The van der Waals surface area contributed by atoms with Crippen molar-refractivity contribution in [1.29, 1.82) is 10.7 Å². The third-order valence-corrected chi connectivity index (χ3v) is 6.83. The number of hydrogen-bond acceptors (Lipinski definition) is 9. The van der Waals surface area contributed by atoms with E-state index in [0.717, 1.165) is 24.8 Å². The van der Waals surface area contributed by atoms with Crippen LogP contribution in [-0.2, 0) is 20.9 Å². The van der Waals surface area contributed by atoms with Gasteiger partial charge in [0, 0.05) is 30.5 Å². The van der Waals surface area contributed by atoms with Gasteiger partial charge in [0.2, 0.25) is 5.78 Å². The van der Waals surface area contributed by atoms with Crippen molar-refractivity contribution in [3.8, 4) is 35.1 Å². The molecule has 0 spiro atoms. The van der Waals surface area contributed by atoms with Gasteiger partial charge in [-0.3, -0.25) is 10.2 Å². The average Bonchev–Trinajstić information content (AvgIpc) is 3.06. The first-order chi connectivity index (χ1) is 23.1. The fourth-order valence-electron chi connectivity index (χ4n) is 4.66. The zero-order chi connectivity index (χ0) is 34.4. The molecule has 12 nitrogen and oxygen atoms in total. The maximum atomic E-state index is 16.4. The van der Waals surface area contributed by atoms with Crippen molar-refractivity contribution in [1.82, 2.24) is 4.98 Å². The Morgan fingerprint density at radius 1 is 1.02 bits per heavy atom. The molecule has 1 heterocycles. The van der Waals surface area contributed by atoms with Gasteiger partial charge in [-0.15, -0.1) is 0 Å². The maximum absolute atomic E-state index is 16.4. The number of Topliss-reactive ketones (excluding diaryl/α,β-unsaturated/α-hetero) is 1. The number of carboxylic acids is 1. The number of aromatic nitrogens is 1. The van der Waals surface area contributed by atoms with E-state index in [9.17, 15) is 20.0 Å². The minimum Gasteiger partial charge on any atom is -0.485 e. The quantitative estimate of drug-likeness (QED) is 0.0883. The molecule has 0 amide bonds. The zero-order valence-corrected chi connectivity index (χ0v) is 25.0. The summed E-state index contributed by atoms with van der Waals surface area (Å²) < 4.78 is 55.3. The van der Waals surface area contributed by atoms with Gasteiger partial charge in [-0.05, 0) is 35.9 Å². The van der Waals surface area contributed by atoms with Gasteiger partial charge in [0.05, 0.1) is 17.2 Å². The summed E-state index contributed by atoms with van der Waals surface area (Å²) in [5, 5.41) is 29.0. The van der Waals surface area contributed by atoms with Gasteiger partial charge in [-0.25, -0.2) is 13.6 Å². The zero-order valence-electron chi connectivity index (χ0n) is 25.0. The van der Waals surface area contributed by atoms with E-state index >= 15 is 8.78 Å². The van der Waals surface area contributed by atoms with Crippen molar-refractivity contribution in [3.05, 3.63) is 119 Å². The number of ketones is 1. The Labute approximate surface area is 271 Å². The highest BCUT2D eigenvalue weighted by atomic mass is 19.1. The van der Waals surface area contributed by atoms with Crippen molar-refractivity contribution < 1.29 is 42.4 Å². The van der Waals surface area contributed by atoms with Crippen LogP contribution in [0, 0.1) is 28.4 Å². The van der Waals surface area contributed by atoms with Crippen molar-refractivity contribution in [2.75, 3.05) is 12.4 Å². The lowest BCUT2D eigenvalue weighted by Crippen LogP contribution is -2.32. The molecule has 4 aromatic rings. The van der Waals surface area contributed by atoms with Crippen LogP contribution in [0.25, 0.3) is 5.57 Å². The number of rotatable bonds is 11. The summed E-state index contributed by atoms with van der Waals surface area (Å²) >= 11 is 0. The third kappa shape index (κ3) is 7.11. The predicted molar refractivity (Wildman–Crippen MR) is 168 cm³/mol. The van der Waals surface area contributed by atoms with Crippen LogP contribution in [0.1, 0.15) is 16.7 Å². The van der Waals surface area contributed by atoms with E-state index in [1.54, 1.807) is 6.07 Å². The average molecular weight is 654 g/mol. The van der Waals surface area contributed by atoms with E-state index in [1.807, 2.05) is 36.4 Å². The number of guanidine groups is 1. The van der Waals surface area contributed by atoms with Gasteiger partial charge >= 0.3 is 5.97 Å². The van der Waals surface area contributed by atoms with E-state index in [0.29, 0.717) is 5.69 Å². The second-order valence-electron chi connectivity index (χ2n) is 10.0. The summed E-state index contributed by atoms with van der Waals surface area (Å²) in [7, 11) is 1.07. The van der Waals surface area contributed by atoms with Gasteiger partial charge in [-0.2, -0.15) is 10.2 Å². The number of nitriles is 1. The number of carbonyl (C=O) groups is 2. The molecule has 1 aliphatic rings. The molecular formula is C34H25F2N5O7. The van der Waals surface area contributed by atoms with E-state index in [4.69, 9.17) is 30.1 Å². The molecule has 0 bridgehead atoms. The van der Waals surface area contributed by atoms with Gasteiger partial charge in [0.1, 0.15) is 24.0 Å². The number of allylic oxidation sites excluding steroid dienone is 2. The molecule has 5 rings (SSSR count). The van der Waals surface area contributed by atoms with Gasteiger partial charge in [0.15, 0.2) is 29.1 Å². The number of carboxylic acid groups (broad SMARTS) is 1. The molecule has 5 N–H and O–H groups in total. The Kier molecular flexibility index (Phi) is 9.72. The number of methoxy groups -OCH3 is 1. The molecule has 14 heteroatoms. The topological polar surface area (TPSA) is 190 Å². The third-order valence-electron chi connectivity index (χ3n) is 6.83. The lowest BCUT2D eigenvalue weighted by atomic mass is 9.89. The van der Waals surface area contributed by atoms with Crippen molar-refractivity contribution in [3.63, 3.8) is 0 Å². The minimum absolute atomic E-state index is 0.0143. The number of hydrogen-bond donors (Lipinski definition) is 4. The SMILES string of the molecule is COC1C(=O)C(C(=O)O)=CC=C1c1c(F)c(Oc2cccc(NC(=N)N)c2)nc(Oc2cc(C#N)ccc2OCc2ccccc2)c1F. The number of nitrogens with one attached hydrogen (secondary N) is 2. The predicted octanol–water partition coefficient (Wildman–Crippen LogP) is 5.69. The molecule has 1 unspecified atom stereocenters. The Morgan fingerprint density at radius 3 is 2.42 bits per heavy atom. The Balaban J connectivity index is 1.64. The van der Waals surface area contributed by atoms with Crippen LogP contribution in [0.2, 0.25) is 0 Å². The summed E-state index contributed by atoms with van der Waals surface area (Å²) in [5.41, 5.74) is 4.74. The first-order valence-corrected chi connectivity index (χ1v) is 14.0. The number of pyridine rings is 1. The van der Waals surface area contributed by atoms with Crippen LogP contribution < -0.4 is 25.3 Å². The smallest absolute Gasteiger partial charge is 0.339 e. The second-order valence-corrected chi connectivity index (χ2v) is 10.0. The van der Waals surface area contributed by atoms with E-state index in [1.165, 1.54) is 36.4 Å². The molecular weight excluding hydrogens is 628 g/mol. The molecule has 1 atom stereocenters. The van der Waals surface area contributed by atoms with Crippen LogP contribution in [0.3, 0.4) is 0 Å². The fraction of sp³-hybridized carbons (Fsp3) is 0.0882. The molecule has 0 saturated carbocycles. The summed E-state index contributed by atoms with van der Waals surface area (Å²) in [6.07, 6.45) is 0.220. The van der Waals surface area contributed by atoms with Gasteiger partial charge < -0.3 is 35.1 Å². The number of ether oxygens (including phenoxy) is 4. The largest absolute Gasteiger partial charge is 0.485 e. The summed E-state index contributed by atoms with van der Waals surface area (Å²) in [5.74, 6) is -7.47. The molecule has 0 fully saturated rings. The monoisotopic (exact) mass is 653 g/mol. The number of nitrogens with two attached hydrogens (primary N) is 1. The Hall–Kier alpha value is -6.59. The molecule has 1 aliphatic carbocycles. The summed E-state index contributed by atoms with van der Waals surface area (Å²) in [6.45, 7) is 0.0788. The highest BCUT2D eigenvalue weighted by molar-refractivity contribution is 6.23. The number of benzene rings is 3. The first-order valence-electron chi connectivity index (χ1n) is 14.0. The maximum Gasteiger partial charge on any atom is 0.339 e. The molecule has 0 saturated heterocycles. The van der Waals surface area contributed by atoms with Crippen LogP contribution in [0.4, 0.5) is 14.5 Å². The van der Waals surface area contributed by atoms with Crippen LogP contribution in [0.15, 0.2) is 90.5 Å². The van der Waals surface area contributed by atoms with Gasteiger partial charge in [0.25, 0.3) is 11.8 Å². The number of nitrogens with zero attached hydrogens (tertiary/aromatic N) is 2. The molecule has 3 aromatic carbocycles. The summed E-state index contributed by atoms with van der Waals surface area (Å²) in [6, 6.07) is 21.0. The first kappa shape index (κ1) is 32.8. The van der Waals surface area contributed by atoms with Crippen molar-refractivity contribution >= 4 is 29.0 Å². The molecule has 0 radical (unpaired) electrons. The number of carbonyl (C=O) groups excluding carboxylic acids is 1. The minimum atomic E-state index is -1.72. The molecule has 242 valence electrons. The standard InChI is InChI=1S/C34H25F2N5O7/c1-45-30-22(11-12-23(29(30)42)33(43)44)26-27(35)31(47-21-9-5-8-20(15-21)40-34(38)39)41-32(28(26)36)48-25-14-19(16-37)10-13-24(25)46-17-18-6-3-2-4-7-18/h2-15,30H,17H2,1H3,(H,43,44)(H4,38,39,40). The lowest BCUT2D eigenvalue weighted by Gasteiger charge is -2.23. The highest BCUT2D eigenvalue weighted by Crippen LogP contribution is 2.41. The van der Waals surface area contributed by atoms with Crippen LogP contribution >= 0.6 is 0 Å². The van der Waals surface area contributed by atoms with Gasteiger partial charge in [-0.1, -0.05) is 42.5 Å². The fourth-order valence-corrected chi connectivity index (χ4v) is 4.66. The normalized spacial score (nSPS) is 13.9. The molecule has 0 aliphatic heterocycles. The number of anilines is 1. The molecule has 1 aromatic heterocycles.